The maximum atomic E-state index is 14.1. The summed E-state index contributed by atoms with van der Waals surface area (Å²) in [4.78, 5) is 32.5. The fourth-order valence-corrected chi connectivity index (χ4v) is 5.28. The number of fused-ring (bicyclic) bond motifs is 1. The first-order valence-electron chi connectivity index (χ1n) is 11.4. The number of Topliss-reactive ketones (excluding diaryl/α,β-unsaturated/α-hetero) is 2. The van der Waals surface area contributed by atoms with Gasteiger partial charge in [0.2, 0.25) is 0 Å². The van der Waals surface area contributed by atoms with Crippen molar-refractivity contribution in [3.63, 3.8) is 0 Å². The predicted molar refractivity (Wildman–Crippen MR) is 128 cm³/mol. The van der Waals surface area contributed by atoms with Gasteiger partial charge < -0.3 is 4.74 Å². The Morgan fingerprint density at radius 3 is 2.21 bits per heavy atom. The zero-order chi connectivity index (χ0) is 23.0. The molecular formula is C28H28N2O3. The Kier molecular flexibility index (Phi) is 5.60. The van der Waals surface area contributed by atoms with Crippen LogP contribution in [0.1, 0.15) is 37.4 Å². The number of benzene rings is 3. The Hall–Kier alpha value is -3.28. The van der Waals surface area contributed by atoms with Crippen LogP contribution < -0.4 is 4.74 Å². The lowest BCUT2D eigenvalue weighted by Crippen LogP contribution is -2.60. The summed E-state index contributed by atoms with van der Waals surface area (Å²) in [6, 6.07) is 23.2. The van der Waals surface area contributed by atoms with Gasteiger partial charge in [-0.2, -0.15) is 0 Å². The van der Waals surface area contributed by atoms with Crippen molar-refractivity contribution < 1.29 is 14.3 Å². The van der Waals surface area contributed by atoms with Gasteiger partial charge in [-0.15, -0.1) is 0 Å². The van der Waals surface area contributed by atoms with Crippen LogP contribution in [0.15, 0.2) is 72.8 Å². The molecule has 1 atom stereocenters. The minimum Gasteiger partial charge on any atom is -0.496 e. The van der Waals surface area contributed by atoms with Gasteiger partial charge in [0.15, 0.2) is 17.1 Å². The molecule has 2 aliphatic rings. The van der Waals surface area contributed by atoms with Gasteiger partial charge in [-0.05, 0) is 29.7 Å². The molecule has 33 heavy (non-hydrogen) atoms. The highest BCUT2D eigenvalue weighted by molar-refractivity contribution is 6.33. The molecule has 0 bridgehead atoms. The maximum absolute atomic E-state index is 14.1. The SMILES string of the molecule is COc1cccc2c1C(=O)C(c1ccccc1)(N1CCN(Cc3ccccc3C)CC1)C2=O. The Balaban J connectivity index is 1.49. The number of carbonyl (C=O) groups excluding carboxylic acids is 2. The molecule has 5 rings (SSSR count). The second-order valence-corrected chi connectivity index (χ2v) is 8.81. The standard InChI is InChI=1S/C28H28N2O3/c1-20-9-6-7-10-21(20)19-29-15-17-30(18-16-29)28(22-11-4-3-5-12-22)26(31)23-13-8-14-24(33-2)25(23)27(28)32/h3-14H,15-19H2,1-2H3. The number of nitrogens with zero attached hydrogens (tertiary/aromatic N) is 2. The molecule has 1 aliphatic heterocycles. The van der Waals surface area contributed by atoms with Crippen molar-refractivity contribution in [2.75, 3.05) is 33.3 Å². The zero-order valence-electron chi connectivity index (χ0n) is 19.1. The highest BCUT2D eigenvalue weighted by atomic mass is 16.5. The highest BCUT2D eigenvalue weighted by Gasteiger charge is 2.59. The molecule has 0 spiro atoms. The quantitative estimate of drug-likeness (QED) is 0.559. The second kappa shape index (κ2) is 8.58. The molecular weight excluding hydrogens is 412 g/mol. The minimum atomic E-state index is -1.34. The average Bonchev–Trinajstić information content (AvgIpc) is 3.09. The van der Waals surface area contributed by atoms with Gasteiger partial charge in [0.05, 0.1) is 12.7 Å². The minimum absolute atomic E-state index is 0.153. The molecule has 3 aromatic rings. The number of rotatable bonds is 5. The van der Waals surface area contributed by atoms with Gasteiger partial charge in [0.1, 0.15) is 5.75 Å². The van der Waals surface area contributed by atoms with Gasteiger partial charge in [-0.3, -0.25) is 19.4 Å². The maximum Gasteiger partial charge on any atom is 0.200 e. The number of carbonyl (C=O) groups is 2. The summed E-state index contributed by atoms with van der Waals surface area (Å²) in [7, 11) is 1.54. The Morgan fingerprint density at radius 2 is 1.52 bits per heavy atom. The fraction of sp³-hybridized carbons (Fsp3) is 0.286. The molecule has 1 fully saturated rings. The molecule has 3 aromatic carbocycles. The third-order valence-electron chi connectivity index (χ3n) is 7.07. The first-order chi connectivity index (χ1) is 16.1. The van der Waals surface area contributed by atoms with Crippen LogP contribution in [0.25, 0.3) is 0 Å². The van der Waals surface area contributed by atoms with E-state index < -0.39 is 5.54 Å². The van der Waals surface area contributed by atoms with Crippen molar-refractivity contribution in [2.45, 2.75) is 19.0 Å². The number of ketones is 2. The lowest BCUT2D eigenvalue weighted by atomic mass is 9.82. The van der Waals surface area contributed by atoms with Crippen molar-refractivity contribution in [2.24, 2.45) is 0 Å². The fourth-order valence-electron chi connectivity index (χ4n) is 5.28. The largest absolute Gasteiger partial charge is 0.496 e. The first-order valence-corrected chi connectivity index (χ1v) is 11.4. The van der Waals surface area contributed by atoms with E-state index in [1.807, 2.05) is 30.3 Å². The van der Waals surface area contributed by atoms with Crippen LogP contribution in [0, 0.1) is 6.92 Å². The summed E-state index contributed by atoms with van der Waals surface area (Å²) in [6.45, 7) is 5.85. The number of methoxy groups -OCH3 is 1. The van der Waals surface area contributed by atoms with Crippen molar-refractivity contribution in [1.29, 1.82) is 0 Å². The summed E-state index contributed by atoms with van der Waals surface area (Å²) in [6.07, 6.45) is 0. The van der Waals surface area contributed by atoms with Gasteiger partial charge >= 0.3 is 0 Å². The van der Waals surface area contributed by atoms with Gasteiger partial charge in [-0.1, -0.05) is 66.7 Å². The van der Waals surface area contributed by atoms with Gasteiger partial charge in [0.25, 0.3) is 0 Å². The Bertz CT molecular complexity index is 1200. The van der Waals surface area contributed by atoms with Gasteiger partial charge in [-0.25, -0.2) is 0 Å². The number of hydrogen-bond donors (Lipinski definition) is 0. The molecule has 0 N–H and O–H groups in total. The number of aryl methyl sites for hydroxylation is 1. The van der Waals surface area contributed by atoms with Crippen molar-refractivity contribution >= 4 is 11.6 Å². The van der Waals surface area contributed by atoms with E-state index in [4.69, 9.17) is 4.74 Å². The van der Waals surface area contributed by atoms with Crippen LogP contribution in [0.4, 0.5) is 0 Å². The van der Waals surface area contributed by atoms with E-state index in [-0.39, 0.29) is 11.6 Å². The molecule has 1 saturated heterocycles. The normalized spacial score (nSPS) is 21.3. The Labute approximate surface area is 194 Å². The number of piperazine rings is 1. The second-order valence-electron chi connectivity index (χ2n) is 8.81. The van der Waals surface area contributed by atoms with E-state index in [0.717, 1.165) is 25.2 Å². The molecule has 0 aromatic heterocycles. The number of hydrogen-bond acceptors (Lipinski definition) is 5. The lowest BCUT2D eigenvalue weighted by Gasteiger charge is -2.44. The van der Waals surface area contributed by atoms with Crippen LogP contribution in [-0.2, 0) is 12.1 Å². The average molecular weight is 441 g/mol. The zero-order valence-corrected chi connectivity index (χ0v) is 19.1. The molecule has 1 unspecified atom stereocenters. The van der Waals surface area contributed by atoms with Gasteiger partial charge in [0, 0.05) is 38.3 Å². The summed E-state index contributed by atoms with van der Waals surface area (Å²) in [5.74, 6) is 0.125. The van der Waals surface area contributed by atoms with Crippen LogP contribution in [0.5, 0.6) is 5.75 Å². The highest BCUT2D eigenvalue weighted by Crippen LogP contribution is 2.45. The summed E-state index contributed by atoms with van der Waals surface area (Å²) < 4.78 is 5.49. The van der Waals surface area contributed by atoms with Crippen molar-refractivity contribution in [3.05, 3.63) is 101 Å². The third kappa shape index (κ3) is 3.39. The molecule has 168 valence electrons. The molecule has 0 saturated carbocycles. The van der Waals surface area contributed by atoms with Crippen LogP contribution >= 0.6 is 0 Å². The first kappa shape index (κ1) is 21.6. The van der Waals surface area contributed by atoms with Crippen LogP contribution in [0.2, 0.25) is 0 Å². The molecule has 0 radical (unpaired) electrons. The van der Waals surface area contributed by atoms with E-state index in [9.17, 15) is 9.59 Å². The molecule has 0 amide bonds. The molecule has 5 nitrogen and oxygen atoms in total. The molecule has 5 heteroatoms. The number of ether oxygens (including phenoxy) is 1. The monoisotopic (exact) mass is 440 g/mol. The van der Waals surface area contributed by atoms with E-state index in [1.165, 1.54) is 11.1 Å². The summed E-state index contributed by atoms with van der Waals surface area (Å²) in [5, 5.41) is 0. The van der Waals surface area contributed by atoms with Crippen molar-refractivity contribution in [3.8, 4) is 5.75 Å². The lowest BCUT2D eigenvalue weighted by molar-refractivity contribution is 0.0278. The van der Waals surface area contributed by atoms with Crippen LogP contribution in [0.3, 0.4) is 0 Å². The topological polar surface area (TPSA) is 49.9 Å². The van der Waals surface area contributed by atoms with Crippen LogP contribution in [-0.4, -0.2) is 54.7 Å². The van der Waals surface area contributed by atoms with E-state index >= 15 is 0 Å². The van der Waals surface area contributed by atoms with E-state index in [2.05, 4.69) is 41.0 Å². The van der Waals surface area contributed by atoms with E-state index in [0.29, 0.717) is 30.0 Å². The summed E-state index contributed by atoms with van der Waals surface area (Å²) in [5.41, 5.74) is 2.83. The predicted octanol–water partition coefficient (Wildman–Crippen LogP) is 4.10. The smallest absolute Gasteiger partial charge is 0.200 e. The summed E-state index contributed by atoms with van der Waals surface area (Å²) >= 11 is 0. The Morgan fingerprint density at radius 1 is 0.818 bits per heavy atom. The third-order valence-corrected chi connectivity index (χ3v) is 7.07. The van der Waals surface area contributed by atoms with Crippen molar-refractivity contribution in [1.82, 2.24) is 9.80 Å². The molecule has 1 heterocycles. The van der Waals surface area contributed by atoms with E-state index in [1.54, 1.807) is 25.3 Å². The molecule has 1 aliphatic carbocycles.